The van der Waals surface area contributed by atoms with Crippen molar-refractivity contribution >= 4 is 17.7 Å². The first-order valence-electron chi connectivity index (χ1n) is 10.6. The number of aromatic nitrogens is 1. The third-order valence-corrected chi connectivity index (χ3v) is 5.25. The highest BCUT2D eigenvalue weighted by molar-refractivity contribution is 6.14. The number of carbonyl (C=O) groups excluding carboxylic acids is 1. The Morgan fingerprint density at radius 2 is 1.89 bits per heavy atom. The molecule has 1 aromatic heterocycles. The van der Waals surface area contributed by atoms with Gasteiger partial charge in [-0.2, -0.15) is 13.2 Å². The molecule has 0 aliphatic heterocycles. The van der Waals surface area contributed by atoms with Gasteiger partial charge in [0, 0.05) is 55.1 Å². The lowest BCUT2D eigenvalue weighted by Crippen LogP contribution is -2.24. The van der Waals surface area contributed by atoms with Crippen molar-refractivity contribution in [2.24, 2.45) is 10.7 Å². The molecule has 0 atom stereocenters. The van der Waals surface area contributed by atoms with Crippen molar-refractivity contribution in [3.8, 4) is 16.9 Å². The molecule has 6 nitrogen and oxygen atoms in total. The lowest BCUT2D eigenvalue weighted by Gasteiger charge is -2.15. The first-order chi connectivity index (χ1) is 16.7. The highest BCUT2D eigenvalue weighted by Crippen LogP contribution is 2.36. The van der Waals surface area contributed by atoms with E-state index in [0.717, 1.165) is 22.8 Å². The number of amides is 1. The maximum absolute atomic E-state index is 13.4. The Labute approximate surface area is 201 Å². The van der Waals surface area contributed by atoms with Crippen molar-refractivity contribution < 1.29 is 22.7 Å². The number of nitrogens with two attached hydrogens (primary N) is 1. The van der Waals surface area contributed by atoms with Crippen LogP contribution >= 0.6 is 0 Å². The number of nitrogens with one attached hydrogen (secondary N) is 1. The van der Waals surface area contributed by atoms with Gasteiger partial charge in [0.05, 0.1) is 12.7 Å². The fraction of sp³-hybridized carbons (Fsp3) is 0.192. The normalized spacial score (nSPS) is 12.1. The van der Waals surface area contributed by atoms with Gasteiger partial charge in [0.2, 0.25) is 0 Å². The van der Waals surface area contributed by atoms with Gasteiger partial charge < -0.3 is 15.8 Å². The first kappa shape index (κ1) is 25.5. The van der Waals surface area contributed by atoms with Crippen LogP contribution in [0.2, 0.25) is 0 Å². The van der Waals surface area contributed by atoms with Crippen molar-refractivity contribution in [3.05, 3.63) is 88.9 Å². The molecule has 1 amide bonds. The number of allylic oxidation sites excluding steroid dienone is 1. The van der Waals surface area contributed by atoms with Gasteiger partial charge in [-0.1, -0.05) is 18.2 Å². The van der Waals surface area contributed by atoms with Crippen LogP contribution in [-0.4, -0.2) is 31.3 Å². The molecule has 0 saturated heterocycles. The molecule has 0 radical (unpaired) electrons. The maximum Gasteiger partial charge on any atom is 0.419 e. The lowest BCUT2D eigenvalue weighted by atomic mass is 9.95. The zero-order chi connectivity index (χ0) is 25.6. The van der Waals surface area contributed by atoms with Crippen molar-refractivity contribution in [1.82, 2.24) is 10.3 Å². The van der Waals surface area contributed by atoms with E-state index in [9.17, 15) is 18.0 Å². The standard InChI is InChI=1S/C26H25F3N4O2/c1-16-8-19(15-32-12-16)18-5-6-21(20(11-30)14-31-2)22(10-18)25(34)33-13-17-4-7-24(35-3)23(9-17)26(27,28)29/h4-12,14-15H,13,30H2,1-3H3,(H,33,34). The number of rotatable bonds is 7. The van der Waals surface area contributed by atoms with Crippen LogP contribution < -0.4 is 15.8 Å². The minimum atomic E-state index is -4.59. The molecule has 182 valence electrons. The topological polar surface area (TPSA) is 89.6 Å². The zero-order valence-electron chi connectivity index (χ0n) is 19.5. The molecule has 0 aliphatic rings. The summed E-state index contributed by atoms with van der Waals surface area (Å²) in [4.78, 5) is 21.4. The molecule has 3 aromatic rings. The van der Waals surface area contributed by atoms with Crippen LogP contribution in [0, 0.1) is 6.92 Å². The Kier molecular flexibility index (Phi) is 7.91. The van der Waals surface area contributed by atoms with E-state index in [4.69, 9.17) is 10.5 Å². The number of aliphatic imine (C=N–C) groups is 1. The highest BCUT2D eigenvalue weighted by atomic mass is 19.4. The van der Waals surface area contributed by atoms with E-state index in [1.807, 2.05) is 19.1 Å². The van der Waals surface area contributed by atoms with Gasteiger partial charge in [0.15, 0.2) is 0 Å². The van der Waals surface area contributed by atoms with Crippen molar-refractivity contribution in [2.75, 3.05) is 14.2 Å². The second-order valence-corrected chi connectivity index (χ2v) is 7.74. The Balaban J connectivity index is 1.97. The third kappa shape index (κ3) is 6.06. The van der Waals surface area contributed by atoms with Gasteiger partial charge in [0.1, 0.15) is 5.75 Å². The van der Waals surface area contributed by atoms with Gasteiger partial charge in [-0.25, -0.2) is 0 Å². The highest BCUT2D eigenvalue weighted by Gasteiger charge is 2.34. The fourth-order valence-corrected chi connectivity index (χ4v) is 3.58. The summed E-state index contributed by atoms with van der Waals surface area (Å²) < 4.78 is 44.9. The number of benzene rings is 2. The Bertz CT molecular complexity index is 1280. The summed E-state index contributed by atoms with van der Waals surface area (Å²) in [5, 5.41) is 2.71. The average Bonchev–Trinajstić information content (AvgIpc) is 2.84. The van der Waals surface area contributed by atoms with Gasteiger partial charge in [0.25, 0.3) is 5.91 Å². The number of hydrogen-bond donors (Lipinski definition) is 2. The molecule has 35 heavy (non-hydrogen) atoms. The second kappa shape index (κ2) is 10.9. The Morgan fingerprint density at radius 3 is 2.51 bits per heavy atom. The molecule has 0 fully saturated rings. The van der Waals surface area contributed by atoms with Crippen LogP contribution in [0.1, 0.15) is 32.6 Å². The smallest absolute Gasteiger partial charge is 0.419 e. The molecule has 0 unspecified atom stereocenters. The van der Waals surface area contributed by atoms with E-state index in [-0.39, 0.29) is 17.9 Å². The molecule has 0 saturated carbocycles. The van der Waals surface area contributed by atoms with Crippen LogP contribution in [0.4, 0.5) is 13.2 Å². The van der Waals surface area contributed by atoms with Gasteiger partial charge in [-0.3, -0.25) is 14.8 Å². The minimum absolute atomic E-state index is 0.120. The van der Waals surface area contributed by atoms with Gasteiger partial charge in [-0.15, -0.1) is 0 Å². The number of hydrogen-bond acceptors (Lipinski definition) is 5. The minimum Gasteiger partial charge on any atom is -0.496 e. The number of aryl methyl sites for hydroxylation is 1. The summed E-state index contributed by atoms with van der Waals surface area (Å²) in [6, 6.07) is 10.9. The first-order valence-corrected chi connectivity index (χ1v) is 10.6. The number of methoxy groups -OCH3 is 1. The zero-order valence-corrected chi connectivity index (χ0v) is 19.5. The summed E-state index contributed by atoms with van der Waals surface area (Å²) in [5.74, 6) is -0.762. The number of halogens is 3. The van der Waals surface area contributed by atoms with E-state index in [2.05, 4.69) is 15.3 Å². The number of carbonyl (C=O) groups is 1. The summed E-state index contributed by atoms with van der Waals surface area (Å²) >= 11 is 0. The molecular weight excluding hydrogens is 457 g/mol. The molecular formula is C26H25F3N4O2. The molecule has 1 heterocycles. The van der Waals surface area contributed by atoms with Crippen LogP contribution in [0.3, 0.4) is 0 Å². The fourth-order valence-electron chi connectivity index (χ4n) is 3.58. The SMILES string of the molecule is CN=CC(=CN)c1ccc(-c2cncc(C)c2)cc1C(=O)NCc1ccc(OC)c(C(F)(F)F)c1. The maximum atomic E-state index is 13.4. The van der Waals surface area contributed by atoms with E-state index in [1.165, 1.54) is 31.7 Å². The predicted octanol–water partition coefficient (Wildman–Crippen LogP) is 5.01. The van der Waals surface area contributed by atoms with Gasteiger partial charge >= 0.3 is 6.18 Å². The molecule has 0 spiro atoms. The largest absolute Gasteiger partial charge is 0.496 e. The molecule has 0 aliphatic carbocycles. The van der Waals surface area contributed by atoms with Crippen molar-refractivity contribution in [1.29, 1.82) is 0 Å². The Hall–Kier alpha value is -4.14. The van der Waals surface area contributed by atoms with E-state index in [1.54, 1.807) is 31.6 Å². The van der Waals surface area contributed by atoms with E-state index >= 15 is 0 Å². The predicted molar refractivity (Wildman–Crippen MR) is 130 cm³/mol. The number of ether oxygens (including phenoxy) is 1. The quantitative estimate of drug-likeness (QED) is 0.463. The molecule has 0 bridgehead atoms. The second-order valence-electron chi connectivity index (χ2n) is 7.74. The van der Waals surface area contributed by atoms with E-state index in [0.29, 0.717) is 16.7 Å². The van der Waals surface area contributed by atoms with Crippen LogP contribution in [0.5, 0.6) is 5.75 Å². The summed E-state index contributed by atoms with van der Waals surface area (Å²) in [6.45, 7) is 1.79. The van der Waals surface area contributed by atoms with Crippen LogP contribution in [0.25, 0.3) is 16.7 Å². The summed E-state index contributed by atoms with van der Waals surface area (Å²) in [5.41, 5.74) is 9.01. The van der Waals surface area contributed by atoms with Gasteiger partial charge in [-0.05, 0) is 53.4 Å². The van der Waals surface area contributed by atoms with Crippen LogP contribution in [0.15, 0.2) is 66.1 Å². The average molecular weight is 483 g/mol. The van der Waals surface area contributed by atoms with Crippen molar-refractivity contribution in [2.45, 2.75) is 19.6 Å². The van der Waals surface area contributed by atoms with E-state index < -0.39 is 17.6 Å². The van der Waals surface area contributed by atoms with Crippen molar-refractivity contribution in [3.63, 3.8) is 0 Å². The monoisotopic (exact) mass is 482 g/mol. The van der Waals surface area contributed by atoms with Crippen LogP contribution in [-0.2, 0) is 12.7 Å². The molecule has 3 rings (SSSR count). The number of alkyl halides is 3. The Morgan fingerprint density at radius 1 is 1.11 bits per heavy atom. The lowest BCUT2D eigenvalue weighted by molar-refractivity contribution is -0.138. The number of nitrogens with zero attached hydrogens (tertiary/aromatic N) is 2. The summed E-state index contributed by atoms with van der Waals surface area (Å²) in [7, 11) is 2.75. The third-order valence-electron chi connectivity index (χ3n) is 5.25. The molecule has 3 N–H and O–H groups in total. The number of pyridine rings is 1. The summed E-state index contributed by atoms with van der Waals surface area (Å²) in [6.07, 6.45) is 1.69. The molecule has 9 heteroatoms. The molecule has 2 aromatic carbocycles.